The average Bonchev–Trinajstić information content (AvgIpc) is 2.81. The predicted molar refractivity (Wildman–Crippen MR) is 71.4 cm³/mol. The first-order valence-electron chi connectivity index (χ1n) is 5.33. The van der Waals surface area contributed by atoms with Gasteiger partial charge in [0.05, 0.1) is 5.69 Å². The maximum atomic E-state index is 13.1. The number of rotatable bonds is 3. The molecule has 1 aromatic heterocycles. The second-order valence-corrected chi connectivity index (χ2v) is 5.28. The van der Waals surface area contributed by atoms with Gasteiger partial charge in [-0.25, -0.2) is 13.8 Å². The molecule has 0 aliphatic rings. The van der Waals surface area contributed by atoms with Gasteiger partial charge >= 0.3 is 0 Å². The van der Waals surface area contributed by atoms with Gasteiger partial charge in [-0.2, -0.15) is 0 Å². The van der Waals surface area contributed by atoms with Gasteiger partial charge in [-0.3, -0.25) is 4.79 Å². The highest BCUT2D eigenvalue weighted by atomic mass is 35.5. The molecule has 100 valence electrons. The molecular formula is C12H9ClF2N2OS. The fraction of sp³-hybridized carbons (Fsp3) is 0.167. The molecule has 1 aromatic carbocycles. The molecule has 0 unspecified atom stereocenters. The SMILES string of the molecule is C[C@H](Cl)C(=O)Nc1nc(-c2ccc(F)c(F)c2)cs1. The lowest BCUT2D eigenvalue weighted by molar-refractivity contribution is -0.115. The molecule has 1 heterocycles. The van der Waals surface area contributed by atoms with E-state index in [0.29, 0.717) is 16.4 Å². The molecule has 1 N–H and O–H groups in total. The van der Waals surface area contributed by atoms with Gasteiger partial charge in [0.15, 0.2) is 16.8 Å². The fourth-order valence-electron chi connectivity index (χ4n) is 1.32. The lowest BCUT2D eigenvalue weighted by Gasteiger charge is -2.02. The van der Waals surface area contributed by atoms with Crippen LogP contribution in [0.2, 0.25) is 0 Å². The third-order valence-electron chi connectivity index (χ3n) is 2.31. The highest BCUT2D eigenvalue weighted by molar-refractivity contribution is 7.14. The summed E-state index contributed by atoms with van der Waals surface area (Å²) in [5, 5.41) is 3.85. The van der Waals surface area contributed by atoms with Crippen molar-refractivity contribution in [2.45, 2.75) is 12.3 Å². The van der Waals surface area contributed by atoms with E-state index in [-0.39, 0.29) is 5.91 Å². The van der Waals surface area contributed by atoms with Crippen LogP contribution in [-0.2, 0) is 4.79 Å². The molecule has 0 bridgehead atoms. The number of amides is 1. The number of halogens is 3. The van der Waals surface area contributed by atoms with Crippen molar-refractivity contribution in [3.8, 4) is 11.3 Å². The number of aromatic nitrogens is 1. The number of nitrogens with zero attached hydrogens (tertiary/aromatic N) is 1. The van der Waals surface area contributed by atoms with Gasteiger partial charge in [0, 0.05) is 10.9 Å². The van der Waals surface area contributed by atoms with E-state index in [9.17, 15) is 13.6 Å². The number of benzene rings is 1. The molecule has 0 aliphatic carbocycles. The number of nitrogens with one attached hydrogen (secondary N) is 1. The molecule has 7 heteroatoms. The zero-order chi connectivity index (χ0) is 14.0. The Morgan fingerprint density at radius 1 is 1.42 bits per heavy atom. The van der Waals surface area contributed by atoms with E-state index >= 15 is 0 Å². The zero-order valence-corrected chi connectivity index (χ0v) is 11.4. The molecule has 19 heavy (non-hydrogen) atoms. The monoisotopic (exact) mass is 302 g/mol. The van der Waals surface area contributed by atoms with Gasteiger partial charge in [-0.05, 0) is 25.1 Å². The van der Waals surface area contributed by atoms with Crippen molar-refractivity contribution in [1.82, 2.24) is 4.98 Å². The molecule has 0 fully saturated rings. The molecule has 1 atom stereocenters. The summed E-state index contributed by atoms with van der Waals surface area (Å²) in [5.41, 5.74) is 0.899. The standard InChI is InChI=1S/C12H9ClF2N2OS/c1-6(13)11(18)17-12-16-10(5-19-12)7-2-3-8(14)9(15)4-7/h2-6H,1H3,(H,16,17,18)/t6-/m0/s1. The van der Waals surface area contributed by atoms with Crippen LogP contribution in [0.5, 0.6) is 0 Å². The molecule has 3 nitrogen and oxygen atoms in total. The number of hydrogen-bond donors (Lipinski definition) is 1. The minimum Gasteiger partial charge on any atom is -0.301 e. The summed E-state index contributed by atoms with van der Waals surface area (Å²) in [6.07, 6.45) is 0. The first-order valence-corrected chi connectivity index (χ1v) is 6.65. The van der Waals surface area contributed by atoms with Crippen LogP contribution < -0.4 is 5.32 Å². The van der Waals surface area contributed by atoms with Crippen molar-refractivity contribution in [1.29, 1.82) is 0 Å². The van der Waals surface area contributed by atoms with Gasteiger partial charge in [-0.15, -0.1) is 22.9 Å². The Kier molecular flexibility index (Phi) is 4.11. The summed E-state index contributed by atoms with van der Waals surface area (Å²) in [7, 11) is 0. The van der Waals surface area contributed by atoms with Gasteiger partial charge in [0.25, 0.3) is 0 Å². The molecule has 0 aliphatic heterocycles. The summed E-state index contributed by atoms with van der Waals surface area (Å²) >= 11 is 6.80. The van der Waals surface area contributed by atoms with E-state index in [1.165, 1.54) is 17.4 Å². The minimum atomic E-state index is -0.939. The second kappa shape index (κ2) is 5.63. The molecule has 0 radical (unpaired) electrons. The van der Waals surface area contributed by atoms with Gasteiger partial charge in [-0.1, -0.05) is 0 Å². The van der Waals surface area contributed by atoms with Crippen LogP contribution in [0, 0.1) is 11.6 Å². The van der Waals surface area contributed by atoms with Gasteiger partial charge < -0.3 is 5.32 Å². The van der Waals surface area contributed by atoms with Crippen molar-refractivity contribution >= 4 is 34.0 Å². The third-order valence-corrected chi connectivity index (χ3v) is 3.27. The first-order chi connectivity index (χ1) is 8.97. The Bertz CT molecular complexity index is 616. The molecule has 1 amide bonds. The van der Waals surface area contributed by atoms with E-state index in [4.69, 9.17) is 11.6 Å². The predicted octanol–water partition coefficient (Wildman–Crippen LogP) is 3.65. The second-order valence-electron chi connectivity index (χ2n) is 3.77. The van der Waals surface area contributed by atoms with Crippen LogP contribution in [0.4, 0.5) is 13.9 Å². The maximum absolute atomic E-state index is 13.1. The lowest BCUT2D eigenvalue weighted by atomic mass is 10.2. The zero-order valence-electron chi connectivity index (χ0n) is 9.78. The van der Waals surface area contributed by atoms with Crippen LogP contribution in [0.15, 0.2) is 23.6 Å². The molecule has 0 saturated carbocycles. The smallest absolute Gasteiger partial charge is 0.243 e. The summed E-state index contributed by atoms with van der Waals surface area (Å²) in [4.78, 5) is 15.5. The molecule has 2 aromatic rings. The lowest BCUT2D eigenvalue weighted by Crippen LogP contribution is -2.20. The Labute approximate surface area is 117 Å². The summed E-state index contributed by atoms with van der Waals surface area (Å²) in [6.45, 7) is 1.54. The Balaban J connectivity index is 2.21. The van der Waals surface area contributed by atoms with Crippen LogP contribution in [0.3, 0.4) is 0 Å². The summed E-state index contributed by atoms with van der Waals surface area (Å²) < 4.78 is 25.9. The van der Waals surface area contributed by atoms with Crippen molar-refractivity contribution in [2.24, 2.45) is 0 Å². The average molecular weight is 303 g/mol. The summed E-state index contributed by atoms with van der Waals surface area (Å²) in [5.74, 6) is -2.22. The van der Waals surface area contributed by atoms with Crippen LogP contribution in [0.25, 0.3) is 11.3 Å². The van der Waals surface area contributed by atoms with Crippen LogP contribution in [0.1, 0.15) is 6.92 Å². The first kappa shape index (κ1) is 13.9. The molecular weight excluding hydrogens is 294 g/mol. The van der Waals surface area contributed by atoms with Crippen LogP contribution >= 0.6 is 22.9 Å². The van der Waals surface area contributed by atoms with E-state index in [1.807, 2.05) is 0 Å². The minimum absolute atomic E-state index is 0.359. The highest BCUT2D eigenvalue weighted by Gasteiger charge is 2.13. The fourth-order valence-corrected chi connectivity index (χ4v) is 2.10. The number of hydrogen-bond acceptors (Lipinski definition) is 3. The number of carbonyl (C=O) groups excluding carboxylic acids is 1. The van der Waals surface area contributed by atoms with E-state index in [2.05, 4.69) is 10.3 Å². The van der Waals surface area contributed by atoms with Crippen molar-refractivity contribution < 1.29 is 13.6 Å². The number of carbonyl (C=O) groups is 1. The molecule has 0 saturated heterocycles. The van der Waals surface area contributed by atoms with E-state index in [0.717, 1.165) is 12.1 Å². The summed E-state index contributed by atoms with van der Waals surface area (Å²) in [6, 6.07) is 3.51. The van der Waals surface area contributed by atoms with Crippen molar-refractivity contribution in [2.75, 3.05) is 5.32 Å². The Morgan fingerprint density at radius 3 is 2.79 bits per heavy atom. The van der Waals surface area contributed by atoms with Gasteiger partial charge in [0.2, 0.25) is 5.91 Å². The molecule has 0 spiro atoms. The number of anilines is 1. The largest absolute Gasteiger partial charge is 0.301 e. The van der Waals surface area contributed by atoms with Gasteiger partial charge in [0.1, 0.15) is 5.38 Å². The normalized spacial score (nSPS) is 12.2. The maximum Gasteiger partial charge on any atom is 0.243 e. The van der Waals surface area contributed by atoms with Crippen LogP contribution in [-0.4, -0.2) is 16.3 Å². The van der Waals surface area contributed by atoms with Crippen molar-refractivity contribution in [3.63, 3.8) is 0 Å². The Morgan fingerprint density at radius 2 is 2.16 bits per heavy atom. The third kappa shape index (κ3) is 3.27. The highest BCUT2D eigenvalue weighted by Crippen LogP contribution is 2.26. The Hall–Kier alpha value is -1.53. The van der Waals surface area contributed by atoms with E-state index in [1.54, 1.807) is 12.3 Å². The quantitative estimate of drug-likeness (QED) is 0.879. The number of alkyl halides is 1. The van der Waals surface area contributed by atoms with E-state index < -0.39 is 17.0 Å². The topological polar surface area (TPSA) is 42.0 Å². The molecule has 2 rings (SSSR count). The number of thiazole rings is 1. The van der Waals surface area contributed by atoms with Crippen molar-refractivity contribution in [3.05, 3.63) is 35.2 Å².